The largest absolute Gasteiger partial charge is 0.263 e. The zero-order chi connectivity index (χ0) is 45.9. The maximum Gasteiger partial charge on any atom is 0.0979 e. The van der Waals surface area contributed by atoms with Crippen molar-refractivity contribution in [2.24, 2.45) is 0 Å². The quantitative estimate of drug-likeness (QED) is 0.130. The molecule has 0 aliphatic rings. The fraction of sp³-hybridized carbons (Fsp3) is 0. The van der Waals surface area contributed by atoms with Crippen LogP contribution in [0.4, 0.5) is 0 Å². The van der Waals surface area contributed by atoms with E-state index in [2.05, 4.69) is 194 Å². The van der Waals surface area contributed by atoms with Crippen LogP contribution in [0, 0.1) is 6.07 Å². The molecule has 0 N–H and O–H groups in total. The predicted octanol–water partition coefficient (Wildman–Crippen LogP) is 16.7. The number of fused-ring (bicyclic) bond motifs is 14. The van der Waals surface area contributed by atoms with Crippen LogP contribution in [0.5, 0.6) is 0 Å². The molecule has 0 amide bonds. The Kier molecular flexibility index (Phi) is 8.29. The van der Waals surface area contributed by atoms with Gasteiger partial charge in [0.15, 0.2) is 0 Å². The number of hydrogen-bond donors (Lipinski definition) is 0. The average molecular weight is 887 g/mol. The summed E-state index contributed by atoms with van der Waals surface area (Å²) < 4.78 is 0. The molecule has 0 aliphatic carbocycles. The van der Waals surface area contributed by atoms with Crippen molar-refractivity contribution in [1.82, 2.24) is 24.9 Å². The Morgan fingerprint density at radius 2 is 0.871 bits per heavy atom. The van der Waals surface area contributed by atoms with Crippen LogP contribution in [0.15, 0.2) is 219 Å². The van der Waals surface area contributed by atoms with Gasteiger partial charge in [0.05, 0.1) is 28.5 Å². The molecule has 15 rings (SSSR count). The van der Waals surface area contributed by atoms with Gasteiger partial charge in [-0.3, -0.25) is 19.9 Å². The van der Waals surface area contributed by atoms with E-state index in [1.54, 1.807) is 0 Å². The van der Waals surface area contributed by atoms with Gasteiger partial charge < -0.3 is 0 Å². The molecule has 0 bridgehead atoms. The van der Waals surface area contributed by atoms with Crippen LogP contribution in [0.1, 0.15) is 0 Å². The Hall–Kier alpha value is -9.45. The highest BCUT2D eigenvalue weighted by Crippen LogP contribution is 2.46. The maximum atomic E-state index is 5.73. The molecule has 5 aromatic heterocycles. The molecule has 321 valence electrons. The lowest BCUT2D eigenvalue weighted by molar-refractivity contribution is 1.28. The molecule has 1 radical (unpaired) electrons. The average Bonchev–Trinajstić information content (AvgIpc) is 3.43. The second-order valence-electron chi connectivity index (χ2n) is 18.3. The van der Waals surface area contributed by atoms with E-state index in [1.165, 1.54) is 10.8 Å². The second kappa shape index (κ2) is 15.0. The van der Waals surface area contributed by atoms with Crippen molar-refractivity contribution in [2.75, 3.05) is 0 Å². The van der Waals surface area contributed by atoms with Crippen LogP contribution in [-0.4, -0.2) is 24.9 Å². The normalized spacial score (nSPS) is 12.0. The molecule has 70 heavy (non-hydrogen) atoms. The number of nitrogens with zero attached hydrogens (tertiary/aromatic N) is 5. The zero-order valence-corrected chi connectivity index (χ0v) is 37.5. The monoisotopic (exact) mass is 886 g/mol. The third kappa shape index (κ3) is 5.82. The number of hydrogen-bond acceptors (Lipinski definition) is 5. The van der Waals surface area contributed by atoms with E-state index < -0.39 is 0 Å². The minimum absolute atomic E-state index is 0.777. The molecule has 0 saturated heterocycles. The zero-order valence-electron chi connectivity index (χ0n) is 37.5. The van der Waals surface area contributed by atoms with Crippen LogP contribution in [0.3, 0.4) is 0 Å². The molecule has 15 aromatic rings. The van der Waals surface area contributed by atoms with Crippen molar-refractivity contribution in [3.05, 3.63) is 225 Å². The molecule has 0 aliphatic heterocycles. The lowest BCUT2D eigenvalue weighted by atomic mass is 9.88. The number of rotatable bonds is 4. The predicted molar refractivity (Wildman–Crippen MR) is 291 cm³/mol. The minimum atomic E-state index is 0.777. The summed E-state index contributed by atoms with van der Waals surface area (Å²) >= 11 is 0. The van der Waals surface area contributed by atoms with Crippen molar-refractivity contribution >= 4 is 108 Å². The summed E-state index contributed by atoms with van der Waals surface area (Å²) in [6.45, 7) is 0. The molecule has 0 spiro atoms. The number of aromatic nitrogens is 5. The first-order chi connectivity index (χ1) is 34.7. The summed E-state index contributed by atoms with van der Waals surface area (Å²) in [6, 6.07) is 71.1. The fourth-order valence-electron chi connectivity index (χ4n) is 11.3. The molecule has 5 heteroatoms. The first-order valence-electron chi connectivity index (χ1n) is 23.6. The van der Waals surface area contributed by atoms with Gasteiger partial charge in [-0.1, -0.05) is 133 Å². The van der Waals surface area contributed by atoms with Crippen LogP contribution in [-0.2, 0) is 0 Å². The molecule has 5 nitrogen and oxygen atoms in total. The molecule has 0 fully saturated rings. The maximum absolute atomic E-state index is 5.73. The Bertz CT molecular complexity index is 4730. The van der Waals surface area contributed by atoms with Crippen molar-refractivity contribution in [3.63, 3.8) is 0 Å². The van der Waals surface area contributed by atoms with Gasteiger partial charge in [-0.25, -0.2) is 4.98 Å². The van der Waals surface area contributed by atoms with Gasteiger partial charge in [0, 0.05) is 80.0 Å². The third-order valence-electron chi connectivity index (χ3n) is 14.5. The van der Waals surface area contributed by atoms with Crippen molar-refractivity contribution in [1.29, 1.82) is 0 Å². The topological polar surface area (TPSA) is 64.5 Å². The molecular formula is C65H36N5. The van der Waals surface area contributed by atoms with E-state index >= 15 is 0 Å². The van der Waals surface area contributed by atoms with Crippen molar-refractivity contribution < 1.29 is 0 Å². The van der Waals surface area contributed by atoms with Crippen LogP contribution in [0.2, 0.25) is 0 Å². The Labute approximate surface area is 401 Å². The van der Waals surface area contributed by atoms with Crippen LogP contribution < -0.4 is 0 Å². The molecule has 0 atom stereocenters. The standard InChI is InChI=1S/C65H36N5/c1-2-13-44-33-53-45(31-43(44)12-1)27-30-67-62(53)48-32-46-23-24-52-54(58(46)55(34-48)63-60-41(25-28-68-63)20-17-39-10-4-7-15-50(39)60)35-57(56-37-66-36-47-22-19-38-9-3-6-14-49(38)59(47)56)70-64(52)65-61-42(26-29-69-65)21-18-40-11-5-8-16-51(40)61/h1-22,24-37H. The van der Waals surface area contributed by atoms with Crippen molar-refractivity contribution in [3.8, 4) is 45.2 Å². The van der Waals surface area contributed by atoms with E-state index in [1.807, 2.05) is 31.0 Å². The fourth-order valence-corrected chi connectivity index (χ4v) is 11.3. The first-order valence-corrected chi connectivity index (χ1v) is 23.6. The summed E-state index contributed by atoms with van der Waals surface area (Å²) in [5, 5.41) is 21.9. The number of pyridine rings is 5. The number of benzene rings is 10. The highest BCUT2D eigenvalue weighted by atomic mass is 14.8. The Morgan fingerprint density at radius 1 is 0.314 bits per heavy atom. The van der Waals surface area contributed by atoms with Gasteiger partial charge in [-0.05, 0) is 136 Å². The van der Waals surface area contributed by atoms with Gasteiger partial charge in [0.2, 0.25) is 0 Å². The van der Waals surface area contributed by atoms with Crippen LogP contribution >= 0.6 is 0 Å². The van der Waals surface area contributed by atoms with E-state index in [4.69, 9.17) is 24.9 Å². The smallest absolute Gasteiger partial charge is 0.0979 e. The van der Waals surface area contributed by atoms with E-state index in [0.29, 0.717) is 0 Å². The van der Waals surface area contributed by atoms with Crippen LogP contribution in [0.25, 0.3) is 153 Å². The third-order valence-corrected chi connectivity index (χ3v) is 14.5. The second-order valence-corrected chi connectivity index (χ2v) is 18.3. The van der Waals surface area contributed by atoms with Gasteiger partial charge >= 0.3 is 0 Å². The van der Waals surface area contributed by atoms with Gasteiger partial charge in [0.25, 0.3) is 0 Å². The summed E-state index contributed by atoms with van der Waals surface area (Å²) in [4.78, 5) is 26.4. The lowest BCUT2D eigenvalue weighted by Crippen LogP contribution is -1.98. The molecule has 0 unspecified atom stereocenters. The summed E-state index contributed by atoms with van der Waals surface area (Å²) in [5.41, 5.74) is 7.10. The molecule has 0 saturated carbocycles. The Balaban J connectivity index is 1.13. The minimum Gasteiger partial charge on any atom is -0.263 e. The van der Waals surface area contributed by atoms with E-state index in [0.717, 1.165) is 142 Å². The molecule has 5 heterocycles. The molecular weight excluding hydrogens is 851 g/mol. The van der Waals surface area contributed by atoms with Gasteiger partial charge in [-0.2, -0.15) is 0 Å². The highest BCUT2D eigenvalue weighted by molar-refractivity contribution is 6.25. The lowest BCUT2D eigenvalue weighted by Gasteiger charge is -2.18. The first kappa shape index (κ1) is 38.6. The Morgan fingerprint density at radius 3 is 1.57 bits per heavy atom. The summed E-state index contributed by atoms with van der Waals surface area (Å²) in [6.07, 6.45) is 9.71. The summed E-state index contributed by atoms with van der Waals surface area (Å²) in [5.74, 6) is 0. The van der Waals surface area contributed by atoms with Gasteiger partial charge in [0.1, 0.15) is 0 Å². The van der Waals surface area contributed by atoms with E-state index in [-0.39, 0.29) is 0 Å². The SMILES string of the molecule is [c]1cc2c(-c3nccc4ccc5ccccc5c34)nc(-c3cncc4ccc5ccccc5c34)cc2c2c(-c3nccc4ccc5ccccc5c34)cc(-c3nccc4cc5ccccc5cc34)cc12. The van der Waals surface area contributed by atoms with E-state index in [9.17, 15) is 0 Å². The highest BCUT2D eigenvalue weighted by Gasteiger charge is 2.23. The molecule has 10 aromatic carbocycles. The van der Waals surface area contributed by atoms with Crippen molar-refractivity contribution in [2.45, 2.75) is 0 Å². The van der Waals surface area contributed by atoms with Gasteiger partial charge in [-0.15, -0.1) is 0 Å². The summed E-state index contributed by atoms with van der Waals surface area (Å²) in [7, 11) is 0.